The van der Waals surface area contributed by atoms with Gasteiger partial charge in [0.2, 0.25) is 0 Å². The fourth-order valence-electron chi connectivity index (χ4n) is 2.18. The third-order valence-corrected chi connectivity index (χ3v) is 3.99. The van der Waals surface area contributed by atoms with Gasteiger partial charge in [-0.05, 0) is 59.0 Å². The predicted octanol–water partition coefficient (Wildman–Crippen LogP) is 4.65. The van der Waals surface area contributed by atoms with Gasteiger partial charge >= 0.3 is 0 Å². The lowest BCUT2D eigenvalue weighted by molar-refractivity contribution is 0.355. The first kappa shape index (κ1) is 14.9. The summed E-state index contributed by atoms with van der Waals surface area (Å²) in [5.41, 5.74) is 0. The van der Waals surface area contributed by atoms with Crippen LogP contribution in [-0.2, 0) is 0 Å². The third-order valence-electron chi connectivity index (χ3n) is 3.27. The topological polar surface area (TPSA) is 40.6 Å². The Hall–Kier alpha value is -2.02. The number of hydrogen-bond donors (Lipinski definition) is 0. The smallest absolute Gasteiger partial charge is 0.161 e. The third kappa shape index (κ3) is 2.94. The number of pyridine rings is 1. The van der Waals surface area contributed by atoms with Crippen LogP contribution < -0.4 is 14.2 Å². The van der Waals surface area contributed by atoms with Gasteiger partial charge in [0.15, 0.2) is 17.2 Å². The Bertz CT molecular complexity index is 803. The van der Waals surface area contributed by atoms with Gasteiger partial charge in [-0.15, -0.1) is 0 Å². The van der Waals surface area contributed by atoms with Crippen molar-refractivity contribution in [3.8, 4) is 23.0 Å². The van der Waals surface area contributed by atoms with Crippen LogP contribution in [0.25, 0.3) is 10.8 Å². The molecule has 3 aromatic rings. The summed E-state index contributed by atoms with van der Waals surface area (Å²) in [6, 6.07) is 11.7. The standard InChI is InChI=1S/C17H14INO3/c1-20-15-7-11-9-19-10-17(14(11)8-16(15)21-2)22-13-5-3-12(18)4-6-13/h3-10H,1-2H3. The molecule has 0 aliphatic carbocycles. The van der Waals surface area contributed by atoms with Gasteiger partial charge in [0.25, 0.3) is 0 Å². The average Bonchev–Trinajstić information content (AvgIpc) is 2.56. The zero-order valence-corrected chi connectivity index (χ0v) is 14.3. The van der Waals surface area contributed by atoms with Crippen molar-refractivity contribution >= 4 is 33.4 Å². The molecule has 0 saturated heterocycles. The molecule has 4 nitrogen and oxygen atoms in total. The van der Waals surface area contributed by atoms with Gasteiger partial charge in [-0.2, -0.15) is 0 Å². The van der Waals surface area contributed by atoms with Gasteiger partial charge in [0, 0.05) is 20.5 Å². The van der Waals surface area contributed by atoms with Gasteiger partial charge in [0.05, 0.1) is 20.4 Å². The minimum atomic E-state index is 0.661. The molecule has 0 amide bonds. The van der Waals surface area contributed by atoms with Crippen molar-refractivity contribution in [2.24, 2.45) is 0 Å². The van der Waals surface area contributed by atoms with Gasteiger partial charge in [-0.1, -0.05) is 0 Å². The van der Waals surface area contributed by atoms with Crippen molar-refractivity contribution < 1.29 is 14.2 Å². The van der Waals surface area contributed by atoms with E-state index in [0.717, 1.165) is 20.1 Å². The zero-order chi connectivity index (χ0) is 15.5. The zero-order valence-electron chi connectivity index (χ0n) is 12.2. The second-order valence-corrected chi connectivity index (χ2v) is 5.87. The van der Waals surface area contributed by atoms with Crippen molar-refractivity contribution in [2.45, 2.75) is 0 Å². The van der Waals surface area contributed by atoms with E-state index >= 15 is 0 Å². The second-order valence-electron chi connectivity index (χ2n) is 4.62. The minimum absolute atomic E-state index is 0.661. The quantitative estimate of drug-likeness (QED) is 0.591. The number of rotatable bonds is 4. The summed E-state index contributed by atoms with van der Waals surface area (Å²) in [7, 11) is 3.23. The van der Waals surface area contributed by atoms with Gasteiger partial charge < -0.3 is 14.2 Å². The van der Waals surface area contributed by atoms with E-state index in [4.69, 9.17) is 14.2 Å². The van der Waals surface area contributed by atoms with Crippen LogP contribution in [0.5, 0.6) is 23.0 Å². The molecule has 0 fully saturated rings. The maximum absolute atomic E-state index is 5.96. The van der Waals surface area contributed by atoms with Crippen LogP contribution in [0.1, 0.15) is 0 Å². The Morgan fingerprint density at radius 2 is 1.55 bits per heavy atom. The monoisotopic (exact) mass is 407 g/mol. The fraction of sp³-hybridized carbons (Fsp3) is 0.118. The minimum Gasteiger partial charge on any atom is -0.493 e. The average molecular weight is 407 g/mol. The Morgan fingerprint density at radius 1 is 0.864 bits per heavy atom. The van der Waals surface area contributed by atoms with Crippen molar-refractivity contribution in [2.75, 3.05) is 14.2 Å². The second kappa shape index (κ2) is 6.39. The molecule has 112 valence electrons. The highest BCUT2D eigenvalue weighted by atomic mass is 127. The summed E-state index contributed by atoms with van der Waals surface area (Å²) in [4.78, 5) is 4.23. The number of halogens is 1. The summed E-state index contributed by atoms with van der Waals surface area (Å²) < 4.78 is 17.8. The molecule has 0 aliphatic heterocycles. The van der Waals surface area contributed by atoms with Crippen LogP contribution in [0.2, 0.25) is 0 Å². The molecule has 0 N–H and O–H groups in total. The Balaban J connectivity index is 2.07. The Morgan fingerprint density at radius 3 is 2.23 bits per heavy atom. The van der Waals surface area contributed by atoms with Crippen LogP contribution in [0.3, 0.4) is 0 Å². The molecule has 0 aliphatic rings. The highest BCUT2D eigenvalue weighted by Gasteiger charge is 2.10. The maximum Gasteiger partial charge on any atom is 0.161 e. The van der Waals surface area contributed by atoms with E-state index in [1.54, 1.807) is 26.6 Å². The lowest BCUT2D eigenvalue weighted by atomic mass is 10.1. The van der Waals surface area contributed by atoms with Crippen LogP contribution in [0.4, 0.5) is 0 Å². The lowest BCUT2D eigenvalue weighted by Crippen LogP contribution is -1.93. The molecule has 1 aromatic heterocycles. The van der Waals surface area contributed by atoms with E-state index in [1.165, 1.54) is 0 Å². The molecular formula is C17H14INO3. The molecule has 5 heteroatoms. The SMILES string of the molecule is COc1cc2cncc(Oc3ccc(I)cc3)c2cc1OC. The normalized spacial score (nSPS) is 10.5. The first-order valence-corrected chi connectivity index (χ1v) is 7.72. The first-order valence-electron chi connectivity index (χ1n) is 6.64. The molecule has 0 unspecified atom stereocenters. The maximum atomic E-state index is 5.96. The largest absolute Gasteiger partial charge is 0.493 e. The lowest BCUT2D eigenvalue weighted by Gasteiger charge is -2.12. The van der Waals surface area contributed by atoms with E-state index < -0.39 is 0 Å². The van der Waals surface area contributed by atoms with E-state index in [9.17, 15) is 0 Å². The molecule has 22 heavy (non-hydrogen) atoms. The Labute approximate surface area is 142 Å². The number of fused-ring (bicyclic) bond motifs is 1. The van der Waals surface area contributed by atoms with Gasteiger partial charge in [-0.25, -0.2) is 0 Å². The van der Waals surface area contributed by atoms with Crippen molar-refractivity contribution in [3.63, 3.8) is 0 Å². The molecule has 3 rings (SSSR count). The fourth-order valence-corrected chi connectivity index (χ4v) is 2.54. The number of methoxy groups -OCH3 is 2. The van der Waals surface area contributed by atoms with Crippen molar-refractivity contribution in [3.05, 3.63) is 52.4 Å². The predicted molar refractivity (Wildman–Crippen MR) is 94.1 cm³/mol. The first-order chi connectivity index (χ1) is 10.7. The summed E-state index contributed by atoms with van der Waals surface area (Å²) in [5, 5.41) is 1.85. The Kier molecular flexibility index (Phi) is 4.33. The van der Waals surface area contributed by atoms with E-state index in [1.807, 2.05) is 36.4 Å². The number of ether oxygens (including phenoxy) is 3. The number of nitrogens with zero attached hydrogens (tertiary/aromatic N) is 1. The van der Waals surface area contributed by atoms with Crippen molar-refractivity contribution in [1.82, 2.24) is 4.98 Å². The molecule has 0 saturated carbocycles. The number of benzene rings is 2. The van der Waals surface area contributed by atoms with Crippen LogP contribution in [-0.4, -0.2) is 19.2 Å². The van der Waals surface area contributed by atoms with E-state index in [0.29, 0.717) is 17.2 Å². The van der Waals surface area contributed by atoms with Crippen LogP contribution in [0.15, 0.2) is 48.8 Å². The molecule has 1 heterocycles. The number of aromatic nitrogens is 1. The molecule has 0 spiro atoms. The summed E-state index contributed by atoms with van der Waals surface area (Å²) in [6.07, 6.45) is 3.48. The highest BCUT2D eigenvalue weighted by molar-refractivity contribution is 14.1. The summed E-state index contributed by atoms with van der Waals surface area (Å²) >= 11 is 2.26. The molecular weight excluding hydrogens is 393 g/mol. The van der Waals surface area contributed by atoms with E-state index in [-0.39, 0.29) is 0 Å². The van der Waals surface area contributed by atoms with Gasteiger partial charge in [-0.3, -0.25) is 4.98 Å². The highest BCUT2D eigenvalue weighted by Crippen LogP contribution is 2.37. The molecule has 0 atom stereocenters. The van der Waals surface area contributed by atoms with Crippen LogP contribution >= 0.6 is 22.6 Å². The molecule has 0 bridgehead atoms. The van der Waals surface area contributed by atoms with Crippen LogP contribution in [0, 0.1) is 3.57 Å². The summed E-state index contributed by atoms with van der Waals surface area (Å²) in [6.45, 7) is 0. The van der Waals surface area contributed by atoms with Gasteiger partial charge in [0.1, 0.15) is 5.75 Å². The number of hydrogen-bond acceptors (Lipinski definition) is 4. The van der Waals surface area contributed by atoms with E-state index in [2.05, 4.69) is 27.6 Å². The molecule has 2 aromatic carbocycles. The van der Waals surface area contributed by atoms with Crippen molar-refractivity contribution in [1.29, 1.82) is 0 Å². The molecule has 0 radical (unpaired) electrons. The summed E-state index contributed by atoms with van der Waals surface area (Å²) in [5.74, 6) is 2.78.